The molecule has 0 fully saturated rings. The van der Waals surface area contributed by atoms with Crippen LogP contribution in [0.25, 0.3) is 0 Å². The number of amides is 1. The summed E-state index contributed by atoms with van der Waals surface area (Å²) >= 11 is 6.25. The molecule has 0 saturated heterocycles. The van der Waals surface area contributed by atoms with Crippen molar-refractivity contribution in [3.05, 3.63) is 94.5 Å². The quantitative estimate of drug-likeness (QED) is 0.586. The molecule has 1 atom stereocenters. The predicted octanol–water partition coefficient (Wildman–Crippen LogP) is 4.96. The third-order valence-electron chi connectivity index (χ3n) is 4.88. The molecular weight excluding hydrogens is 420 g/mol. The zero-order chi connectivity index (χ0) is 21.9. The number of hydrogen-bond acceptors (Lipinski definition) is 3. The average Bonchev–Trinajstić information content (AvgIpc) is 2.74. The van der Waals surface area contributed by atoms with Crippen LogP contribution in [0.15, 0.2) is 77.7 Å². The highest BCUT2D eigenvalue weighted by atomic mass is 35.5. The SMILES string of the molecule is Cc1ccc(S(=O)(=O)N(C)c2ccc(Cl)c(C(=O)N[C@@H](C)c3ccccc3)c2)cc1. The van der Waals surface area contributed by atoms with Crippen LogP contribution in [0, 0.1) is 6.92 Å². The Kier molecular flexibility index (Phi) is 6.48. The highest BCUT2D eigenvalue weighted by Gasteiger charge is 2.23. The molecule has 0 bridgehead atoms. The second-order valence-electron chi connectivity index (χ2n) is 7.06. The van der Waals surface area contributed by atoms with Crippen molar-refractivity contribution >= 4 is 33.2 Å². The summed E-state index contributed by atoms with van der Waals surface area (Å²) in [5.74, 6) is -0.376. The van der Waals surface area contributed by atoms with Gasteiger partial charge in [-0.25, -0.2) is 8.42 Å². The summed E-state index contributed by atoms with van der Waals surface area (Å²) in [5, 5.41) is 3.15. The number of rotatable bonds is 6. The van der Waals surface area contributed by atoms with Crippen molar-refractivity contribution in [2.75, 3.05) is 11.4 Å². The van der Waals surface area contributed by atoms with Crippen molar-refractivity contribution in [1.29, 1.82) is 0 Å². The summed E-state index contributed by atoms with van der Waals surface area (Å²) in [4.78, 5) is 13.0. The molecule has 0 unspecified atom stereocenters. The standard InChI is InChI=1S/C23H23ClN2O3S/c1-16-9-12-20(13-10-16)30(28,29)26(3)19-11-14-22(24)21(15-19)23(27)25-17(2)18-7-5-4-6-8-18/h4-15,17H,1-3H3,(H,25,27)/t17-/m0/s1. The number of hydrogen-bond donors (Lipinski definition) is 1. The second-order valence-corrected chi connectivity index (χ2v) is 9.43. The molecule has 30 heavy (non-hydrogen) atoms. The van der Waals surface area contributed by atoms with Crippen LogP contribution in [-0.2, 0) is 10.0 Å². The largest absolute Gasteiger partial charge is 0.345 e. The molecule has 3 rings (SSSR count). The maximum absolute atomic E-state index is 13.0. The van der Waals surface area contributed by atoms with E-state index in [4.69, 9.17) is 11.6 Å². The molecule has 0 aromatic heterocycles. The van der Waals surface area contributed by atoms with Crippen LogP contribution in [0.1, 0.15) is 34.5 Å². The van der Waals surface area contributed by atoms with Crippen molar-refractivity contribution in [2.24, 2.45) is 0 Å². The smallest absolute Gasteiger partial charge is 0.264 e. The van der Waals surface area contributed by atoms with Gasteiger partial charge in [0, 0.05) is 7.05 Å². The number of anilines is 1. The van der Waals surface area contributed by atoms with Gasteiger partial charge in [-0.3, -0.25) is 9.10 Å². The number of nitrogens with zero attached hydrogens (tertiary/aromatic N) is 1. The molecule has 7 heteroatoms. The van der Waals surface area contributed by atoms with E-state index in [1.54, 1.807) is 30.3 Å². The molecule has 1 N–H and O–H groups in total. The minimum Gasteiger partial charge on any atom is -0.345 e. The van der Waals surface area contributed by atoms with Gasteiger partial charge in [0.25, 0.3) is 15.9 Å². The van der Waals surface area contributed by atoms with Crippen molar-refractivity contribution in [3.63, 3.8) is 0 Å². The summed E-state index contributed by atoms with van der Waals surface area (Å²) in [6, 6.07) is 20.5. The number of carbonyl (C=O) groups excluding carboxylic acids is 1. The van der Waals surface area contributed by atoms with E-state index >= 15 is 0 Å². The molecule has 0 spiro atoms. The predicted molar refractivity (Wildman–Crippen MR) is 121 cm³/mol. The molecule has 3 aromatic rings. The van der Waals surface area contributed by atoms with E-state index in [1.807, 2.05) is 44.2 Å². The Labute approximate surface area is 182 Å². The molecule has 3 aromatic carbocycles. The van der Waals surface area contributed by atoms with Crippen LogP contribution >= 0.6 is 11.6 Å². The highest BCUT2D eigenvalue weighted by Crippen LogP contribution is 2.27. The maximum atomic E-state index is 13.0. The molecule has 0 aliphatic rings. The van der Waals surface area contributed by atoms with Crippen molar-refractivity contribution in [1.82, 2.24) is 5.32 Å². The van der Waals surface area contributed by atoms with Crippen molar-refractivity contribution < 1.29 is 13.2 Å². The Bertz CT molecular complexity index is 1150. The fourth-order valence-corrected chi connectivity index (χ4v) is 4.38. The van der Waals surface area contributed by atoms with Crippen molar-refractivity contribution in [2.45, 2.75) is 24.8 Å². The normalized spacial score (nSPS) is 12.3. The summed E-state index contributed by atoms with van der Waals surface area (Å²) in [6.45, 7) is 3.76. The summed E-state index contributed by atoms with van der Waals surface area (Å²) in [6.07, 6.45) is 0. The lowest BCUT2D eigenvalue weighted by Crippen LogP contribution is -2.29. The van der Waals surface area contributed by atoms with E-state index in [0.29, 0.717) is 5.69 Å². The van der Waals surface area contributed by atoms with Gasteiger partial charge >= 0.3 is 0 Å². The monoisotopic (exact) mass is 442 g/mol. The number of aryl methyl sites for hydroxylation is 1. The minimum absolute atomic E-state index is 0.175. The third kappa shape index (κ3) is 4.66. The molecule has 0 heterocycles. The number of benzene rings is 3. The van der Waals surface area contributed by atoms with Gasteiger partial charge in [0.05, 0.1) is 27.2 Å². The first kappa shape index (κ1) is 21.9. The Morgan fingerprint density at radius 3 is 2.27 bits per heavy atom. The molecule has 156 valence electrons. The number of halogens is 1. The zero-order valence-corrected chi connectivity index (χ0v) is 18.5. The first-order chi connectivity index (χ1) is 14.2. The van der Waals surface area contributed by atoms with Crippen LogP contribution in [0.2, 0.25) is 5.02 Å². The van der Waals surface area contributed by atoms with Crippen LogP contribution < -0.4 is 9.62 Å². The van der Waals surface area contributed by atoms with Gasteiger partial charge < -0.3 is 5.32 Å². The fourth-order valence-electron chi connectivity index (χ4n) is 2.99. The van der Waals surface area contributed by atoms with Gasteiger partial charge in [0.2, 0.25) is 0 Å². The topological polar surface area (TPSA) is 66.5 Å². The second kappa shape index (κ2) is 8.90. The van der Waals surface area contributed by atoms with E-state index < -0.39 is 10.0 Å². The fraction of sp³-hybridized carbons (Fsp3) is 0.174. The number of sulfonamides is 1. The van der Waals surface area contributed by atoms with Crippen molar-refractivity contribution in [3.8, 4) is 0 Å². The molecule has 5 nitrogen and oxygen atoms in total. The van der Waals surface area contributed by atoms with E-state index in [0.717, 1.165) is 15.4 Å². The van der Waals surface area contributed by atoms with E-state index in [1.165, 1.54) is 19.2 Å². The number of nitrogens with one attached hydrogen (secondary N) is 1. The van der Waals surface area contributed by atoms with Crippen LogP contribution in [0.4, 0.5) is 5.69 Å². The average molecular weight is 443 g/mol. The molecule has 0 aliphatic heterocycles. The first-order valence-corrected chi connectivity index (χ1v) is 11.2. The summed E-state index contributed by atoms with van der Waals surface area (Å²) in [7, 11) is -2.32. The minimum atomic E-state index is -3.77. The van der Waals surface area contributed by atoms with E-state index in [9.17, 15) is 13.2 Å². The van der Waals surface area contributed by atoms with E-state index in [-0.39, 0.29) is 27.4 Å². The molecule has 0 radical (unpaired) electrons. The number of carbonyl (C=O) groups is 1. The van der Waals surface area contributed by atoms with Gasteiger partial charge in [-0.15, -0.1) is 0 Å². The third-order valence-corrected chi connectivity index (χ3v) is 7.01. The maximum Gasteiger partial charge on any atom is 0.264 e. The van der Waals surface area contributed by atoms with Gasteiger partial charge in [0.15, 0.2) is 0 Å². The van der Waals surface area contributed by atoms with Gasteiger partial charge in [-0.2, -0.15) is 0 Å². The Morgan fingerprint density at radius 1 is 1.00 bits per heavy atom. The molecular formula is C23H23ClN2O3S. The first-order valence-electron chi connectivity index (χ1n) is 9.41. The lowest BCUT2D eigenvalue weighted by atomic mass is 10.1. The van der Waals surface area contributed by atoms with Gasteiger partial charge in [-0.1, -0.05) is 59.6 Å². The molecule has 0 saturated carbocycles. The van der Waals surface area contributed by atoms with E-state index in [2.05, 4.69) is 5.32 Å². The van der Waals surface area contributed by atoms with Crippen LogP contribution in [0.5, 0.6) is 0 Å². The van der Waals surface area contributed by atoms with Crippen LogP contribution in [-0.4, -0.2) is 21.4 Å². The lowest BCUT2D eigenvalue weighted by Gasteiger charge is -2.21. The Hall–Kier alpha value is -2.83. The highest BCUT2D eigenvalue weighted by molar-refractivity contribution is 7.92. The molecule has 1 amide bonds. The lowest BCUT2D eigenvalue weighted by molar-refractivity contribution is 0.0940. The van der Waals surface area contributed by atoms with Crippen LogP contribution in [0.3, 0.4) is 0 Å². The van der Waals surface area contributed by atoms with Gasteiger partial charge in [-0.05, 0) is 49.7 Å². The molecule has 0 aliphatic carbocycles. The van der Waals surface area contributed by atoms with Gasteiger partial charge in [0.1, 0.15) is 0 Å². The zero-order valence-electron chi connectivity index (χ0n) is 17.0. The Balaban J connectivity index is 1.87. The summed E-state index contributed by atoms with van der Waals surface area (Å²) in [5.41, 5.74) is 2.48. The Morgan fingerprint density at radius 2 is 1.63 bits per heavy atom. The summed E-state index contributed by atoms with van der Waals surface area (Å²) < 4.78 is 27.1.